The van der Waals surface area contributed by atoms with E-state index in [0.717, 1.165) is 79.6 Å². The Hall–Kier alpha value is -4.93. The molecule has 0 aliphatic carbocycles. The van der Waals surface area contributed by atoms with Crippen LogP contribution in [0.25, 0.3) is 43.6 Å². The molecule has 5 aromatic heterocycles. The van der Waals surface area contributed by atoms with Crippen LogP contribution in [-0.4, -0.2) is 38.6 Å². The third-order valence-electron chi connectivity index (χ3n) is 8.02. The van der Waals surface area contributed by atoms with Crippen molar-refractivity contribution < 1.29 is 39.0 Å². The zero-order valence-electron chi connectivity index (χ0n) is 30.6. The third-order valence-corrected chi connectivity index (χ3v) is 9.44. The maximum atomic E-state index is 8.52. The summed E-state index contributed by atoms with van der Waals surface area (Å²) in [6.45, 7) is 0.661. The van der Waals surface area contributed by atoms with Gasteiger partial charge < -0.3 is 37.1 Å². The Bertz CT molecular complexity index is 2720. The molecule has 0 saturated carbocycles. The summed E-state index contributed by atoms with van der Waals surface area (Å²) in [7, 11) is 1.68. The van der Waals surface area contributed by atoms with Crippen LogP contribution in [0.5, 0.6) is 5.75 Å². The predicted octanol–water partition coefficient (Wildman–Crippen LogP) is 7.74. The molecule has 8 aromatic rings. The number of benzene rings is 3. The maximum Gasteiger partial charge on any atom is 1.00 e. The minimum atomic E-state index is 0. The molecule has 3 aromatic carbocycles. The number of aromatic amines is 3. The van der Waals surface area contributed by atoms with Crippen LogP contribution in [-0.2, 0) is 30.4 Å². The molecule has 0 aliphatic heterocycles. The van der Waals surface area contributed by atoms with E-state index in [0.29, 0.717) is 18.8 Å². The predicted molar refractivity (Wildman–Crippen MR) is 228 cm³/mol. The number of pyridine rings is 5. The zero-order valence-corrected chi connectivity index (χ0v) is 35.9. The van der Waals surface area contributed by atoms with Crippen LogP contribution >= 0.6 is 36.7 Å². The van der Waals surface area contributed by atoms with Crippen molar-refractivity contribution in [2.45, 2.75) is 24.3 Å². The van der Waals surface area contributed by atoms with Gasteiger partial charge in [0.15, 0.2) is 6.61 Å². The Kier molecular flexibility index (Phi) is 17.7. The molecule has 56 heavy (non-hydrogen) atoms. The fourth-order valence-electron chi connectivity index (χ4n) is 5.37. The van der Waals surface area contributed by atoms with E-state index in [2.05, 4.69) is 37.1 Å². The molecule has 0 atom stereocenters. The van der Waals surface area contributed by atoms with E-state index in [1.807, 2.05) is 97.3 Å². The normalized spacial score (nSPS) is 9.98. The number of nitrogens with zero attached hydrogens (tertiary/aromatic N) is 4. The van der Waals surface area contributed by atoms with Crippen molar-refractivity contribution in [3.05, 3.63) is 147 Å². The van der Waals surface area contributed by atoms with Gasteiger partial charge in [-0.1, -0.05) is 54.9 Å². The standard InChI is InChI=1S/C12H10N2S.C11H8N2OS.C11H11NOS.C8H6N2S.Na/c13-6-1-2-9-3-4-11-10(8-9)12(15)5-7-14-11;12-4-6-14-8-1-2-10-9(7-8)11(15)3-5-13-10;1-13-7-8-2-3-10-9(6-8)11(14)4-5-12-10;11-8-2-4-10-7-1-3-9-5-6(7)8;/h3-5,7-8H,1-2H2,(H,14,15);1-3,5,7H,6H2,(H,13,15);2-6H,7H2,1H3,(H,12,14);1-5H,(H,10,11);/q;;;;+1/p-1. The SMILES string of the molecule is COCc1ccc2nccc([S-])c2c1.N#CCCc1ccc2[nH]ccc(=S)c2c1.N#CCOc1ccc2[nH]ccc(=S)c2c1.S=c1cc[nH]c2ccncc12.[Na+]. The van der Waals surface area contributed by atoms with Crippen LogP contribution in [0, 0.1) is 36.2 Å². The molecule has 0 amide bonds. The smallest absolute Gasteiger partial charge is 0.779 e. The van der Waals surface area contributed by atoms with Crippen LogP contribution < -0.4 is 34.3 Å². The summed E-state index contributed by atoms with van der Waals surface area (Å²) >= 11 is 20.7. The Balaban J connectivity index is 0.000000166. The summed E-state index contributed by atoms with van der Waals surface area (Å²) in [6.07, 6.45) is 12.1. The number of aromatic nitrogens is 5. The summed E-state index contributed by atoms with van der Waals surface area (Å²) in [5.74, 6) is 0.662. The molecular formula is C42H34N7NaO2S4. The topological polar surface area (TPSA) is 139 Å². The molecule has 8 rings (SSSR count). The van der Waals surface area contributed by atoms with Gasteiger partial charge in [0.1, 0.15) is 11.8 Å². The Labute approximate surface area is 367 Å². The average molecular weight is 820 g/mol. The van der Waals surface area contributed by atoms with Gasteiger partial charge in [-0.05, 0) is 89.7 Å². The second-order valence-electron chi connectivity index (χ2n) is 11.7. The number of rotatable bonds is 6. The van der Waals surface area contributed by atoms with Crippen LogP contribution in [0.3, 0.4) is 0 Å². The van der Waals surface area contributed by atoms with Gasteiger partial charge in [-0.3, -0.25) is 9.97 Å². The fourth-order valence-corrected chi connectivity index (χ4v) is 6.30. The number of fused-ring (bicyclic) bond motifs is 4. The molecule has 3 N–H and O–H groups in total. The average Bonchev–Trinajstić information content (AvgIpc) is 3.21. The monoisotopic (exact) mass is 819 g/mol. The number of ether oxygens (including phenoxy) is 2. The first-order chi connectivity index (χ1) is 26.8. The van der Waals surface area contributed by atoms with Crippen molar-refractivity contribution in [3.63, 3.8) is 0 Å². The number of aryl methyl sites for hydroxylation is 1. The van der Waals surface area contributed by atoms with Crippen molar-refractivity contribution in [1.29, 1.82) is 10.5 Å². The van der Waals surface area contributed by atoms with E-state index in [4.69, 9.17) is 69.3 Å². The summed E-state index contributed by atoms with van der Waals surface area (Å²) in [5, 5.41) is 20.9. The van der Waals surface area contributed by atoms with Gasteiger partial charge >= 0.3 is 29.6 Å². The molecule has 0 spiro atoms. The molecule has 274 valence electrons. The van der Waals surface area contributed by atoms with E-state index < -0.39 is 0 Å². The van der Waals surface area contributed by atoms with Crippen molar-refractivity contribution in [3.8, 4) is 17.9 Å². The van der Waals surface area contributed by atoms with Crippen molar-refractivity contribution in [2.24, 2.45) is 0 Å². The molecule has 9 nitrogen and oxygen atoms in total. The number of H-pyrrole nitrogens is 3. The second kappa shape index (κ2) is 22.6. The van der Waals surface area contributed by atoms with Crippen molar-refractivity contribution in [1.82, 2.24) is 24.9 Å². The molecule has 0 fully saturated rings. The van der Waals surface area contributed by atoms with Gasteiger partial charge in [0, 0.05) is 97.0 Å². The largest absolute Gasteiger partial charge is 1.00 e. The number of hydrogen-bond donors (Lipinski definition) is 3. The molecular weight excluding hydrogens is 786 g/mol. The zero-order chi connectivity index (χ0) is 39.0. The van der Waals surface area contributed by atoms with E-state index in [-0.39, 0.29) is 36.2 Å². The van der Waals surface area contributed by atoms with Gasteiger partial charge in [-0.25, -0.2) is 0 Å². The molecule has 0 radical (unpaired) electrons. The quantitative estimate of drug-likeness (QED) is 0.0868. The fraction of sp³-hybridized carbons (Fsp3) is 0.119. The molecule has 0 unspecified atom stereocenters. The first-order valence-corrected chi connectivity index (χ1v) is 18.5. The maximum absolute atomic E-state index is 8.52. The Morgan fingerprint density at radius 2 is 1.29 bits per heavy atom. The first-order valence-electron chi connectivity index (χ1n) is 16.8. The Morgan fingerprint density at radius 3 is 1.93 bits per heavy atom. The number of nitrogens with one attached hydrogen (secondary N) is 3. The first kappa shape index (κ1) is 43.8. The minimum Gasteiger partial charge on any atom is -0.779 e. The van der Waals surface area contributed by atoms with Crippen LogP contribution in [0.4, 0.5) is 0 Å². The molecule has 0 saturated heterocycles. The summed E-state index contributed by atoms with van der Waals surface area (Å²) in [4.78, 5) is 18.4. The molecule has 14 heteroatoms. The van der Waals surface area contributed by atoms with E-state index in [9.17, 15) is 0 Å². The van der Waals surface area contributed by atoms with Crippen LogP contribution in [0.15, 0.2) is 127 Å². The third kappa shape index (κ3) is 12.3. The van der Waals surface area contributed by atoms with Crippen LogP contribution in [0.2, 0.25) is 0 Å². The number of nitriles is 2. The minimum absolute atomic E-state index is 0. The van der Waals surface area contributed by atoms with Crippen LogP contribution in [0.1, 0.15) is 17.5 Å². The molecule has 0 bridgehead atoms. The van der Waals surface area contributed by atoms with E-state index in [1.165, 1.54) is 0 Å². The summed E-state index contributed by atoms with van der Waals surface area (Å²) in [6, 6.07) is 31.0. The number of methoxy groups -OCH3 is 1. The van der Waals surface area contributed by atoms with Crippen molar-refractivity contribution >= 4 is 92.9 Å². The van der Waals surface area contributed by atoms with E-state index in [1.54, 1.807) is 31.9 Å². The van der Waals surface area contributed by atoms with Gasteiger partial charge in [-0.2, -0.15) is 15.4 Å². The summed E-state index contributed by atoms with van der Waals surface area (Å²) < 4.78 is 12.7. The van der Waals surface area contributed by atoms with E-state index >= 15 is 0 Å². The van der Waals surface area contributed by atoms with Gasteiger partial charge in [0.2, 0.25) is 0 Å². The Morgan fingerprint density at radius 1 is 0.679 bits per heavy atom. The van der Waals surface area contributed by atoms with Gasteiger partial charge in [0.05, 0.1) is 18.2 Å². The number of hydrogen-bond acceptors (Lipinski definition) is 10. The molecule has 0 aliphatic rings. The van der Waals surface area contributed by atoms with Gasteiger partial charge in [0.25, 0.3) is 0 Å². The summed E-state index contributed by atoms with van der Waals surface area (Å²) in [5.41, 5.74) is 6.27. The molecule has 5 heterocycles. The second-order valence-corrected chi connectivity index (χ2v) is 13.5. The van der Waals surface area contributed by atoms with Gasteiger partial charge in [-0.15, -0.1) is 0 Å². The van der Waals surface area contributed by atoms with Crippen molar-refractivity contribution in [2.75, 3.05) is 13.7 Å².